The van der Waals surface area contributed by atoms with Crippen LogP contribution in [0.1, 0.15) is 32.3 Å². The first-order valence-corrected chi connectivity index (χ1v) is 9.64. The van der Waals surface area contributed by atoms with Gasteiger partial charge in [0, 0.05) is 0 Å². The van der Waals surface area contributed by atoms with Crippen LogP contribution in [0.15, 0.2) is 29.2 Å². The van der Waals surface area contributed by atoms with Gasteiger partial charge in [-0.1, -0.05) is 17.7 Å². The molecule has 0 bridgehead atoms. The highest BCUT2D eigenvalue weighted by atomic mass is 32.2. The van der Waals surface area contributed by atoms with Crippen LogP contribution in [0.25, 0.3) is 0 Å². The van der Waals surface area contributed by atoms with Crippen LogP contribution in [-0.2, 0) is 28.5 Å². The molecule has 2 aliphatic heterocycles. The van der Waals surface area contributed by atoms with E-state index in [-0.39, 0.29) is 11.2 Å². The van der Waals surface area contributed by atoms with Gasteiger partial charge in [-0.2, -0.15) is 8.42 Å². The number of benzene rings is 1. The Labute approximate surface area is 142 Å². The third kappa shape index (κ3) is 2.26. The average molecular weight is 354 g/mol. The second kappa shape index (κ2) is 5.25. The molecule has 24 heavy (non-hydrogen) atoms. The Morgan fingerprint density at radius 2 is 1.92 bits per heavy atom. The van der Waals surface area contributed by atoms with Gasteiger partial charge in [-0.3, -0.25) is 4.18 Å². The van der Waals surface area contributed by atoms with Gasteiger partial charge in [0.2, 0.25) is 0 Å². The predicted molar refractivity (Wildman–Crippen MR) is 85.0 cm³/mol. The molecule has 0 radical (unpaired) electrons. The second-order valence-electron chi connectivity index (χ2n) is 7.10. The Bertz CT molecular complexity index is 745. The van der Waals surface area contributed by atoms with Gasteiger partial charge in [0.25, 0.3) is 10.1 Å². The molecule has 1 aromatic carbocycles. The molecule has 0 aromatic heterocycles. The molecule has 2 heterocycles. The van der Waals surface area contributed by atoms with Crippen LogP contribution in [0.4, 0.5) is 0 Å². The summed E-state index contributed by atoms with van der Waals surface area (Å²) in [6, 6.07) is 6.63. The molecule has 5 unspecified atom stereocenters. The molecule has 6 nitrogen and oxygen atoms in total. The van der Waals surface area contributed by atoms with E-state index >= 15 is 0 Å². The highest BCUT2D eigenvalue weighted by molar-refractivity contribution is 7.86. The van der Waals surface area contributed by atoms with Crippen molar-refractivity contribution < 1.29 is 26.8 Å². The van der Waals surface area contributed by atoms with Gasteiger partial charge in [-0.05, 0) is 45.7 Å². The van der Waals surface area contributed by atoms with Crippen molar-refractivity contribution >= 4 is 10.1 Å². The third-order valence-corrected chi connectivity index (χ3v) is 6.74. The van der Waals surface area contributed by atoms with E-state index in [1.807, 2.05) is 20.8 Å². The maximum Gasteiger partial charge on any atom is 0.297 e. The van der Waals surface area contributed by atoms with Crippen LogP contribution in [0.5, 0.6) is 0 Å². The fraction of sp³-hybridized carbons (Fsp3) is 0.647. The summed E-state index contributed by atoms with van der Waals surface area (Å²) < 4.78 is 48.5. The molecule has 3 fully saturated rings. The van der Waals surface area contributed by atoms with E-state index in [0.29, 0.717) is 19.4 Å². The maximum absolute atomic E-state index is 12.6. The SMILES string of the molecule is Cc1ccc(S(=O)(=O)OC2CCC34OC(C)OC3(C)COC24)cc1. The summed E-state index contributed by atoms with van der Waals surface area (Å²) in [7, 11) is -3.84. The summed E-state index contributed by atoms with van der Waals surface area (Å²) in [6.45, 7) is 6.11. The standard InChI is InChI=1S/C17H22O6S/c1-11-4-6-13(7-5-11)24(18,19)23-14-8-9-17-15(14)20-10-16(17,3)21-12(2)22-17/h4-7,12,14-15H,8-10H2,1-3H3. The monoisotopic (exact) mass is 354 g/mol. The molecule has 1 spiro atoms. The molecule has 4 rings (SSSR count). The van der Waals surface area contributed by atoms with Gasteiger partial charge < -0.3 is 14.2 Å². The number of ether oxygens (including phenoxy) is 3. The van der Waals surface area contributed by atoms with Crippen molar-refractivity contribution in [2.24, 2.45) is 0 Å². The zero-order valence-corrected chi connectivity index (χ0v) is 14.8. The summed E-state index contributed by atoms with van der Waals surface area (Å²) in [4.78, 5) is 0.159. The fourth-order valence-electron chi connectivity index (χ4n) is 4.22. The summed E-state index contributed by atoms with van der Waals surface area (Å²) in [5.74, 6) is 0. The Morgan fingerprint density at radius 3 is 2.62 bits per heavy atom. The summed E-state index contributed by atoms with van der Waals surface area (Å²) in [5, 5.41) is 0. The molecular formula is C17H22O6S. The molecule has 1 aliphatic carbocycles. The third-order valence-electron chi connectivity index (χ3n) is 5.39. The normalized spacial score (nSPS) is 41.4. The van der Waals surface area contributed by atoms with E-state index in [4.69, 9.17) is 18.4 Å². The van der Waals surface area contributed by atoms with Crippen LogP contribution in [0.3, 0.4) is 0 Å². The van der Waals surface area contributed by atoms with E-state index in [1.165, 1.54) is 0 Å². The van der Waals surface area contributed by atoms with Crippen molar-refractivity contribution in [3.05, 3.63) is 29.8 Å². The van der Waals surface area contributed by atoms with Crippen molar-refractivity contribution in [3.63, 3.8) is 0 Å². The van der Waals surface area contributed by atoms with E-state index in [9.17, 15) is 8.42 Å². The first-order valence-electron chi connectivity index (χ1n) is 8.23. The Hall–Kier alpha value is -0.990. The summed E-state index contributed by atoms with van der Waals surface area (Å²) in [5.41, 5.74) is -0.183. The highest BCUT2D eigenvalue weighted by Crippen LogP contribution is 2.55. The fourth-order valence-corrected chi connectivity index (χ4v) is 5.32. The van der Waals surface area contributed by atoms with Gasteiger partial charge >= 0.3 is 0 Å². The highest BCUT2D eigenvalue weighted by Gasteiger charge is 2.71. The first-order chi connectivity index (χ1) is 11.3. The van der Waals surface area contributed by atoms with Gasteiger partial charge in [-0.15, -0.1) is 0 Å². The zero-order valence-electron chi connectivity index (χ0n) is 14.0. The van der Waals surface area contributed by atoms with E-state index in [0.717, 1.165) is 5.56 Å². The topological polar surface area (TPSA) is 71.1 Å². The number of aryl methyl sites for hydroxylation is 1. The minimum atomic E-state index is -3.84. The molecular weight excluding hydrogens is 332 g/mol. The average Bonchev–Trinajstić information content (AvgIpc) is 3.04. The smallest absolute Gasteiger partial charge is 0.297 e. The zero-order chi connectivity index (χ0) is 17.2. The maximum atomic E-state index is 12.6. The van der Waals surface area contributed by atoms with Crippen molar-refractivity contribution in [1.82, 2.24) is 0 Å². The predicted octanol–water partition coefficient (Wildman–Crippen LogP) is 2.15. The van der Waals surface area contributed by atoms with Crippen molar-refractivity contribution in [3.8, 4) is 0 Å². The van der Waals surface area contributed by atoms with E-state index in [1.54, 1.807) is 24.3 Å². The van der Waals surface area contributed by atoms with Crippen LogP contribution in [-0.4, -0.2) is 44.7 Å². The molecule has 2 saturated heterocycles. The van der Waals surface area contributed by atoms with Crippen molar-refractivity contribution in [2.75, 3.05) is 6.61 Å². The molecule has 132 valence electrons. The van der Waals surface area contributed by atoms with Gasteiger partial charge in [0.05, 0.1) is 11.5 Å². The second-order valence-corrected chi connectivity index (χ2v) is 8.67. The van der Waals surface area contributed by atoms with Crippen LogP contribution in [0, 0.1) is 6.92 Å². The van der Waals surface area contributed by atoms with Crippen LogP contribution < -0.4 is 0 Å². The lowest BCUT2D eigenvalue weighted by atomic mass is 9.84. The first kappa shape index (κ1) is 16.5. The molecule has 0 amide bonds. The van der Waals surface area contributed by atoms with Gasteiger partial charge in [0.1, 0.15) is 23.4 Å². The van der Waals surface area contributed by atoms with Crippen LogP contribution >= 0.6 is 0 Å². The largest absolute Gasteiger partial charge is 0.369 e. The Kier molecular flexibility index (Phi) is 3.61. The van der Waals surface area contributed by atoms with Crippen molar-refractivity contribution in [1.29, 1.82) is 0 Å². The summed E-state index contributed by atoms with van der Waals surface area (Å²) in [6.07, 6.45) is -0.109. The Morgan fingerprint density at radius 1 is 1.21 bits per heavy atom. The van der Waals surface area contributed by atoms with E-state index in [2.05, 4.69) is 0 Å². The lowest BCUT2D eigenvalue weighted by Crippen LogP contribution is -2.51. The lowest BCUT2D eigenvalue weighted by molar-refractivity contribution is -0.136. The quantitative estimate of drug-likeness (QED) is 0.775. The van der Waals surface area contributed by atoms with E-state index < -0.39 is 33.5 Å². The Balaban J connectivity index is 1.58. The molecule has 0 N–H and O–H groups in total. The lowest BCUT2D eigenvalue weighted by Gasteiger charge is -2.31. The molecule has 3 aliphatic rings. The molecule has 1 aromatic rings. The minimum absolute atomic E-state index is 0.159. The molecule has 1 saturated carbocycles. The molecule has 7 heteroatoms. The number of rotatable bonds is 3. The number of hydrogen-bond donors (Lipinski definition) is 0. The molecule has 5 atom stereocenters. The van der Waals surface area contributed by atoms with Crippen LogP contribution in [0.2, 0.25) is 0 Å². The van der Waals surface area contributed by atoms with Crippen molar-refractivity contribution in [2.45, 2.75) is 68.2 Å². The minimum Gasteiger partial charge on any atom is -0.369 e. The van der Waals surface area contributed by atoms with Gasteiger partial charge in [-0.25, -0.2) is 0 Å². The number of hydrogen-bond acceptors (Lipinski definition) is 6. The van der Waals surface area contributed by atoms with Gasteiger partial charge in [0.15, 0.2) is 6.29 Å². The summed E-state index contributed by atoms with van der Waals surface area (Å²) >= 11 is 0.